The first-order valence-electron chi connectivity index (χ1n) is 13.2. The van der Waals surface area contributed by atoms with Gasteiger partial charge in [0.2, 0.25) is 0 Å². The fourth-order valence-electron chi connectivity index (χ4n) is 4.52. The van der Waals surface area contributed by atoms with Crippen molar-refractivity contribution < 1.29 is 49.1 Å². The molecule has 0 atom stereocenters. The van der Waals surface area contributed by atoms with E-state index in [0.29, 0.717) is 0 Å². The van der Waals surface area contributed by atoms with Gasteiger partial charge in [-0.1, -0.05) is 12.8 Å². The van der Waals surface area contributed by atoms with Gasteiger partial charge in [-0.25, -0.2) is 9.59 Å². The third kappa shape index (κ3) is 11.3. The van der Waals surface area contributed by atoms with Crippen LogP contribution in [0.3, 0.4) is 0 Å². The average Bonchev–Trinajstić information content (AvgIpc) is 2.92. The maximum absolute atomic E-state index is 11.7. The zero-order valence-electron chi connectivity index (χ0n) is 22.6. The molecule has 2 aromatic rings. The van der Waals surface area contributed by atoms with E-state index < -0.39 is 35.6 Å². The number of benzene rings is 2. The summed E-state index contributed by atoms with van der Waals surface area (Å²) in [5.74, 6) is -3.83. The monoisotopic (exact) mass is 596 g/mol. The molecule has 0 radical (unpaired) electrons. The number of amides is 2. The number of carboxylic acid groups (broad SMARTS) is 2. The summed E-state index contributed by atoms with van der Waals surface area (Å²) in [4.78, 5) is 44.9. The molecule has 41 heavy (non-hydrogen) atoms. The Balaban J connectivity index is 0.000000280. The van der Waals surface area contributed by atoms with Crippen LogP contribution < -0.4 is 20.8 Å². The van der Waals surface area contributed by atoms with Gasteiger partial charge < -0.3 is 39.5 Å². The van der Waals surface area contributed by atoms with E-state index in [4.69, 9.17) is 9.47 Å². The Bertz CT molecular complexity index is 1120. The third-order valence-electron chi connectivity index (χ3n) is 6.58. The molecule has 2 aromatic carbocycles. The summed E-state index contributed by atoms with van der Waals surface area (Å²) in [6.07, 6.45) is 8.53. The number of aromatic hydroxyl groups is 2. The van der Waals surface area contributed by atoms with Crippen LogP contribution in [-0.2, 0) is 9.47 Å². The van der Waals surface area contributed by atoms with Gasteiger partial charge in [0.15, 0.2) is 0 Å². The number of rotatable bonds is 6. The minimum Gasteiger partial charge on any atom is -0.545 e. The molecule has 0 heterocycles. The number of aromatic carboxylic acids is 2. The van der Waals surface area contributed by atoms with Gasteiger partial charge in [-0.15, -0.1) is 0 Å². The topological polar surface area (TPSA) is 197 Å². The van der Waals surface area contributed by atoms with Gasteiger partial charge in [0.25, 0.3) is 0 Å². The van der Waals surface area contributed by atoms with Crippen molar-refractivity contribution >= 4 is 73.2 Å². The van der Waals surface area contributed by atoms with Gasteiger partial charge >= 0.3 is 49.9 Å². The molecular weight excluding hydrogens is 564 g/mol. The van der Waals surface area contributed by atoms with E-state index in [0.717, 1.165) is 76.3 Å². The number of carbonyl (C=O) groups excluding carboxylic acids is 4. The summed E-state index contributed by atoms with van der Waals surface area (Å²) in [6, 6.07) is 7.41. The van der Waals surface area contributed by atoms with Crippen molar-refractivity contribution in [3.63, 3.8) is 0 Å². The number of carbonyl (C=O) groups is 4. The molecule has 2 saturated carbocycles. The van der Waals surface area contributed by atoms with Crippen molar-refractivity contribution in [1.82, 2.24) is 0 Å². The Hall–Kier alpha value is -3.22. The summed E-state index contributed by atoms with van der Waals surface area (Å²) < 4.78 is 10.5. The Labute approximate surface area is 267 Å². The van der Waals surface area contributed by atoms with Crippen molar-refractivity contribution in [2.75, 3.05) is 10.6 Å². The second-order valence-corrected chi connectivity index (χ2v) is 9.62. The summed E-state index contributed by atoms with van der Waals surface area (Å²) >= 11 is 0. The molecule has 12 nitrogen and oxygen atoms in total. The number of ether oxygens (including phenoxy) is 2. The molecule has 2 aliphatic carbocycles. The van der Waals surface area contributed by atoms with Crippen molar-refractivity contribution in [1.29, 1.82) is 0 Å². The smallest absolute Gasteiger partial charge is 0.545 e. The number of hydrogen-bond donors (Lipinski definition) is 4. The van der Waals surface area contributed by atoms with Gasteiger partial charge in [0, 0.05) is 22.5 Å². The van der Waals surface area contributed by atoms with Crippen molar-refractivity contribution in [3.05, 3.63) is 47.5 Å². The molecule has 2 amide bonds. The quantitative estimate of drug-likeness (QED) is 0.284. The maximum Gasteiger partial charge on any atom is 2.00 e. The predicted molar refractivity (Wildman–Crippen MR) is 145 cm³/mol. The molecule has 0 unspecified atom stereocenters. The summed E-state index contributed by atoms with van der Waals surface area (Å²) in [6.45, 7) is 0. The van der Waals surface area contributed by atoms with Crippen LogP contribution in [0.15, 0.2) is 36.4 Å². The Kier molecular flexibility index (Phi) is 14.0. The first-order chi connectivity index (χ1) is 19.1. The Morgan fingerprint density at radius 2 is 0.976 bits per heavy atom. The maximum atomic E-state index is 11.7. The molecule has 0 spiro atoms. The van der Waals surface area contributed by atoms with Crippen LogP contribution >= 0.6 is 0 Å². The van der Waals surface area contributed by atoms with Crippen molar-refractivity contribution in [2.45, 2.75) is 76.4 Å². The molecule has 0 aromatic heterocycles. The molecule has 2 fully saturated rings. The molecule has 0 saturated heterocycles. The number of nitrogens with one attached hydrogen (secondary N) is 2. The van der Waals surface area contributed by atoms with Crippen LogP contribution in [0.5, 0.6) is 11.5 Å². The fraction of sp³-hybridized carbons (Fsp3) is 0.429. The van der Waals surface area contributed by atoms with E-state index in [1.165, 1.54) is 24.3 Å². The summed E-state index contributed by atoms with van der Waals surface area (Å²) in [5.41, 5.74) is -0.272. The molecule has 4 N–H and O–H groups in total. The van der Waals surface area contributed by atoms with Crippen LogP contribution in [0.2, 0.25) is 0 Å². The number of hydrogen-bond acceptors (Lipinski definition) is 10. The first kappa shape index (κ1) is 34.0. The van der Waals surface area contributed by atoms with E-state index in [2.05, 4.69) is 10.6 Å². The predicted octanol–water partition coefficient (Wildman–Crippen LogP) is 2.89. The molecule has 4 rings (SSSR count). The van der Waals surface area contributed by atoms with Crippen LogP contribution in [0.25, 0.3) is 0 Å². The minimum atomic E-state index is -1.51. The second-order valence-electron chi connectivity index (χ2n) is 9.62. The van der Waals surface area contributed by atoms with E-state index in [9.17, 15) is 39.6 Å². The summed E-state index contributed by atoms with van der Waals surface area (Å²) in [5, 5.41) is 45.1. The molecule has 216 valence electrons. The Morgan fingerprint density at radius 3 is 1.29 bits per heavy atom. The zero-order chi connectivity index (χ0) is 29.1. The third-order valence-corrected chi connectivity index (χ3v) is 6.58. The molecule has 13 heteroatoms. The zero-order valence-corrected chi connectivity index (χ0v) is 24.8. The van der Waals surface area contributed by atoms with E-state index in [1.54, 1.807) is 0 Å². The van der Waals surface area contributed by atoms with Gasteiger partial charge in [0.05, 0.1) is 11.9 Å². The Morgan fingerprint density at radius 1 is 0.634 bits per heavy atom. The van der Waals surface area contributed by atoms with Crippen LogP contribution in [0, 0.1) is 0 Å². The van der Waals surface area contributed by atoms with E-state index >= 15 is 0 Å². The molecule has 0 aliphatic heterocycles. The van der Waals surface area contributed by atoms with E-state index in [-0.39, 0.29) is 72.4 Å². The van der Waals surface area contributed by atoms with E-state index in [1.807, 2.05) is 0 Å². The van der Waals surface area contributed by atoms with Crippen molar-refractivity contribution in [2.24, 2.45) is 0 Å². The molecule has 2 aliphatic rings. The second kappa shape index (κ2) is 16.9. The number of carboxylic acids is 2. The first-order valence-corrected chi connectivity index (χ1v) is 13.2. The van der Waals surface area contributed by atoms with Crippen LogP contribution in [0.1, 0.15) is 84.9 Å². The number of anilines is 2. The largest absolute Gasteiger partial charge is 2.00 e. The molecular formula is C28H32CaN2O10. The fourth-order valence-corrected chi connectivity index (χ4v) is 4.52. The van der Waals surface area contributed by atoms with Gasteiger partial charge in [-0.2, -0.15) is 0 Å². The van der Waals surface area contributed by atoms with Gasteiger partial charge in [-0.05, 0) is 87.8 Å². The minimum absolute atomic E-state index is 0. The standard InChI is InChI=1S/2C14H17NO5.Ca/c2*16-12-7-6-9(8-11(12)13(17)18)15-14(19)20-10-4-2-1-3-5-10;/h2*6-8,10,16H,1-5H2,(H,15,19)(H,17,18);/q;;+2/p-2. The normalized spacial score (nSPS) is 15.2. The SMILES string of the molecule is O=C(Nc1ccc(O)c(C(=O)[O-])c1)OC1CCCCC1.O=C(Nc1ccc(O)c(C(=O)[O-])c1)OC1CCCCC1.[Ca+2]. The van der Waals surface area contributed by atoms with Crippen molar-refractivity contribution in [3.8, 4) is 11.5 Å². The van der Waals surface area contributed by atoms with Gasteiger partial charge in [0.1, 0.15) is 23.7 Å². The van der Waals surface area contributed by atoms with Crippen LogP contribution in [0.4, 0.5) is 21.0 Å². The van der Waals surface area contributed by atoms with Gasteiger partial charge in [-0.3, -0.25) is 10.6 Å². The average molecular weight is 597 g/mol. The molecule has 0 bridgehead atoms. The number of phenols is 2. The summed E-state index contributed by atoms with van der Waals surface area (Å²) in [7, 11) is 0. The van der Waals surface area contributed by atoms with Crippen LogP contribution in [-0.4, -0.2) is 84.3 Å².